The molecule has 0 aromatic rings. The minimum Gasteiger partial charge on any atom is -0.337 e. The molecule has 4 heteroatoms. The average molecular weight is 253 g/mol. The Kier molecular flexibility index (Phi) is 7.61. The summed E-state index contributed by atoms with van der Waals surface area (Å²) in [5.41, 5.74) is -0.777. The molecule has 0 fully saturated rings. The molecule has 1 N–H and O–H groups in total. The minimum atomic E-state index is -0.777. The van der Waals surface area contributed by atoms with E-state index in [2.05, 4.69) is 30.1 Å². The molecule has 0 bridgehead atoms. The van der Waals surface area contributed by atoms with Crippen LogP contribution < -0.4 is 5.32 Å². The van der Waals surface area contributed by atoms with Gasteiger partial charge in [-0.1, -0.05) is 34.1 Å². The van der Waals surface area contributed by atoms with Crippen molar-refractivity contribution in [2.45, 2.75) is 53.0 Å². The number of unbranched alkanes of at least 4 members (excludes halogenated alkanes) is 1. The van der Waals surface area contributed by atoms with E-state index >= 15 is 0 Å². The van der Waals surface area contributed by atoms with Crippen LogP contribution in [0.2, 0.25) is 0 Å². The highest BCUT2D eigenvalue weighted by Crippen LogP contribution is 2.14. The molecule has 0 aromatic heterocycles. The van der Waals surface area contributed by atoms with Gasteiger partial charge in [0.05, 0.1) is 12.6 Å². The molecule has 1 amide bonds. The van der Waals surface area contributed by atoms with Gasteiger partial charge in [0, 0.05) is 0 Å². The normalized spacial score (nSPS) is 14.3. The number of nitrogens with zero attached hydrogens (tertiary/aromatic N) is 2. The van der Waals surface area contributed by atoms with Gasteiger partial charge in [-0.25, -0.2) is 0 Å². The second kappa shape index (κ2) is 8.10. The summed E-state index contributed by atoms with van der Waals surface area (Å²) >= 11 is 0. The maximum atomic E-state index is 12.0. The molecule has 0 aliphatic rings. The summed E-state index contributed by atoms with van der Waals surface area (Å²) in [7, 11) is 0. The number of nitrogens with one attached hydrogen (secondary N) is 1. The van der Waals surface area contributed by atoms with Crippen molar-refractivity contribution in [3.8, 4) is 6.07 Å². The molecule has 0 rings (SSSR count). The van der Waals surface area contributed by atoms with Gasteiger partial charge in [0.25, 0.3) is 0 Å². The Morgan fingerprint density at radius 3 is 2.44 bits per heavy atom. The van der Waals surface area contributed by atoms with E-state index in [0.29, 0.717) is 6.54 Å². The molecule has 0 aliphatic carbocycles. The zero-order valence-corrected chi connectivity index (χ0v) is 12.4. The van der Waals surface area contributed by atoms with Crippen LogP contribution >= 0.6 is 0 Å². The molecule has 18 heavy (non-hydrogen) atoms. The Labute approximate surface area is 111 Å². The van der Waals surface area contributed by atoms with Gasteiger partial charge in [0.2, 0.25) is 5.91 Å². The summed E-state index contributed by atoms with van der Waals surface area (Å²) < 4.78 is 0. The summed E-state index contributed by atoms with van der Waals surface area (Å²) in [6.45, 7) is 12.0. The first-order valence-electron chi connectivity index (χ1n) is 6.84. The summed E-state index contributed by atoms with van der Waals surface area (Å²) in [4.78, 5) is 14.1. The van der Waals surface area contributed by atoms with Crippen LogP contribution in [-0.4, -0.2) is 36.0 Å². The molecule has 0 heterocycles. The highest BCUT2D eigenvalue weighted by atomic mass is 16.2. The standard InChI is InChI=1S/C14H27N3O/c1-6-8-9-17(7-2)10-13(18)16-14(5,11-15)12(3)4/h12H,6-10H2,1-5H3,(H,16,18). The topological polar surface area (TPSA) is 56.1 Å². The molecule has 1 unspecified atom stereocenters. The average Bonchev–Trinajstić information content (AvgIpc) is 2.33. The maximum absolute atomic E-state index is 12.0. The van der Waals surface area contributed by atoms with E-state index in [1.807, 2.05) is 13.8 Å². The molecule has 104 valence electrons. The number of carbonyl (C=O) groups is 1. The van der Waals surface area contributed by atoms with E-state index in [0.717, 1.165) is 25.9 Å². The number of hydrogen-bond acceptors (Lipinski definition) is 3. The fourth-order valence-electron chi connectivity index (χ4n) is 1.56. The van der Waals surface area contributed by atoms with Crippen LogP contribution in [0.4, 0.5) is 0 Å². The molecule has 4 nitrogen and oxygen atoms in total. The molecule has 1 atom stereocenters. The number of hydrogen-bond donors (Lipinski definition) is 1. The Balaban J connectivity index is 4.36. The quantitative estimate of drug-likeness (QED) is 0.721. The summed E-state index contributed by atoms with van der Waals surface area (Å²) in [6, 6.07) is 2.19. The lowest BCUT2D eigenvalue weighted by molar-refractivity contribution is -0.123. The monoisotopic (exact) mass is 253 g/mol. The lowest BCUT2D eigenvalue weighted by Gasteiger charge is -2.29. The van der Waals surface area contributed by atoms with Crippen LogP contribution in [0.1, 0.15) is 47.5 Å². The van der Waals surface area contributed by atoms with Gasteiger partial charge in [0.15, 0.2) is 0 Å². The zero-order valence-electron chi connectivity index (χ0n) is 12.4. The highest BCUT2D eigenvalue weighted by molar-refractivity contribution is 5.79. The fourth-order valence-corrected chi connectivity index (χ4v) is 1.56. The first-order valence-corrected chi connectivity index (χ1v) is 6.84. The van der Waals surface area contributed by atoms with Crippen LogP contribution in [0.25, 0.3) is 0 Å². The van der Waals surface area contributed by atoms with Crippen molar-refractivity contribution in [3.05, 3.63) is 0 Å². The smallest absolute Gasteiger partial charge is 0.235 e. The fraction of sp³-hybridized carbons (Fsp3) is 0.857. The lowest BCUT2D eigenvalue weighted by atomic mass is 9.90. The number of nitriles is 1. The molecule has 0 aliphatic heterocycles. The maximum Gasteiger partial charge on any atom is 0.235 e. The van der Waals surface area contributed by atoms with Gasteiger partial charge < -0.3 is 5.32 Å². The van der Waals surface area contributed by atoms with Gasteiger partial charge in [-0.3, -0.25) is 9.69 Å². The van der Waals surface area contributed by atoms with Crippen molar-refractivity contribution < 1.29 is 4.79 Å². The predicted molar refractivity (Wildman–Crippen MR) is 74.0 cm³/mol. The molecule has 0 radical (unpaired) electrons. The molecule has 0 spiro atoms. The van der Waals surface area contributed by atoms with Crippen LogP contribution in [0.15, 0.2) is 0 Å². The molecular formula is C14H27N3O. The number of rotatable bonds is 8. The van der Waals surface area contributed by atoms with Gasteiger partial charge >= 0.3 is 0 Å². The van der Waals surface area contributed by atoms with E-state index in [1.54, 1.807) is 6.92 Å². The van der Waals surface area contributed by atoms with Gasteiger partial charge in [-0.2, -0.15) is 5.26 Å². The Morgan fingerprint density at radius 2 is 2.06 bits per heavy atom. The van der Waals surface area contributed by atoms with Crippen molar-refractivity contribution >= 4 is 5.91 Å². The first kappa shape index (κ1) is 16.9. The van der Waals surface area contributed by atoms with Gasteiger partial charge in [-0.15, -0.1) is 0 Å². The van der Waals surface area contributed by atoms with Crippen molar-refractivity contribution in [2.24, 2.45) is 5.92 Å². The highest BCUT2D eigenvalue weighted by Gasteiger charge is 2.30. The Bertz CT molecular complexity index is 296. The van der Waals surface area contributed by atoms with E-state index in [1.165, 1.54) is 0 Å². The van der Waals surface area contributed by atoms with Crippen molar-refractivity contribution in [3.63, 3.8) is 0 Å². The van der Waals surface area contributed by atoms with Crippen molar-refractivity contribution in [2.75, 3.05) is 19.6 Å². The van der Waals surface area contributed by atoms with E-state index in [-0.39, 0.29) is 11.8 Å². The Morgan fingerprint density at radius 1 is 1.44 bits per heavy atom. The number of carbonyl (C=O) groups excluding carboxylic acids is 1. The number of likely N-dealkylation sites (N-methyl/N-ethyl adjacent to an activating group) is 1. The second-order valence-corrected chi connectivity index (χ2v) is 5.24. The largest absolute Gasteiger partial charge is 0.337 e. The van der Waals surface area contributed by atoms with Crippen molar-refractivity contribution in [1.29, 1.82) is 5.26 Å². The number of amides is 1. The van der Waals surface area contributed by atoms with Crippen LogP contribution in [0, 0.1) is 17.2 Å². The van der Waals surface area contributed by atoms with Crippen LogP contribution in [-0.2, 0) is 4.79 Å². The van der Waals surface area contributed by atoms with E-state index < -0.39 is 5.54 Å². The lowest BCUT2D eigenvalue weighted by Crippen LogP contribution is -2.51. The zero-order chi connectivity index (χ0) is 14.2. The molecular weight excluding hydrogens is 226 g/mol. The third kappa shape index (κ3) is 5.50. The van der Waals surface area contributed by atoms with Crippen molar-refractivity contribution in [1.82, 2.24) is 10.2 Å². The van der Waals surface area contributed by atoms with Gasteiger partial charge in [0.1, 0.15) is 5.54 Å². The molecule has 0 saturated heterocycles. The molecule has 0 aromatic carbocycles. The first-order chi connectivity index (χ1) is 8.39. The SMILES string of the molecule is CCCCN(CC)CC(=O)NC(C)(C#N)C(C)C. The van der Waals surface area contributed by atoms with Crippen LogP contribution in [0.3, 0.4) is 0 Å². The second-order valence-electron chi connectivity index (χ2n) is 5.24. The third-order valence-electron chi connectivity index (χ3n) is 3.43. The minimum absolute atomic E-state index is 0.0642. The van der Waals surface area contributed by atoms with E-state index in [4.69, 9.17) is 5.26 Å². The third-order valence-corrected chi connectivity index (χ3v) is 3.43. The molecule has 0 saturated carbocycles. The Hall–Kier alpha value is -1.08. The van der Waals surface area contributed by atoms with Gasteiger partial charge in [-0.05, 0) is 32.4 Å². The summed E-state index contributed by atoms with van der Waals surface area (Å²) in [6.07, 6.45) is 2.22. The summed E-state index contributed by atoms with van der Waals surface area (Å²) in [5.74, 6) is 0.0304. The summed E-state index contributed by atoms with van der Waals surface area (Å²) in [5, 5.41) is 12.0. The van der Waals surface area contributed by atoms with E-state index in [9.17, 15) is 4.79 Å². The predicted octanol–water partition coefficient (Wildman–Crippen LogP) is 2.16. The van der Waals surface area contributed by atoms with Crippen LogP contribution in [0.5, 0.6) is 0 Å².